The fourth-order valence-corrected chi connectivity index (χ4v) is 7.22. The number of ether oxygens (including phenoxy) is 2. The molecule has 0 saturated carbocycles. The number of anilines is 2. The number of rotatable bonds is 10. The van der Waals surface area contributed by atoms with Crippen molar-refractivity contribution in [2.24, 2.45) is 0 Å². The summed E-state index contributed by atoms with van der Waals surface area (Å²) in [6, 6.07) is 29.0. The van der Waals surface area contributed by atoms with Crippen LogP contribution in [0, 0.1) is 6.92 Å². The molecule has 4 N–H and O–H groups in total. The molecule has 0 radical (unpaired) electrons. The van der Waals surface area contributed by atoms with Gasteiger partial charge in [0.1, 0.15) is 28.5 Å². The van der Waals surface area contributed by atoms with Gasteiger partial charge in [-0.05, 0) is 66.6 Å². The number of benzene rings is 5. The highest BCUT2D eigenvalue weighted by Gasteiger charge is 2.28. The third kappa shape index (κ3) is 6.53. The molecule has 0 spiro atoms. The van der Waals surface area contributed by atoms with Gasteiger partial charge in [-0.1, -0.05) is 54.6 Å². The van der Waals surface area contributed by atoms with Gasteiger partial charge in [0.2, 0.25) is 0 Å². The highest BCUT2D eigenvalue weighted by molar-refractivity contribution is 6.09. The maximum atomic E-state index is 14.1. The molecule has 58 heavy (non-hydrogen) atoms. The van der Waals surface area contributed by atoms with E-state index in [-0.39, 0.29) is 58.1 Å². The lowest BCUT2D eigenvalue weighted by atomic mass is 9.87. The zero-order valence-corrected chi connectivity index (χ0v) is 31.4. The summed E-state index contributed by atoms with van der Waals surface area (Å²) in [6.07, 6.45) is 0. The number of nitrogens with one attached hydrogen (secondary N) is 2. The lowest BCUT2D eigenvalue weighted by Gasteiger charge is -2.22. The van der Waals surface area contributed by atoms with Gasteiger partial charge < -0.3 is 34.7 Å². The number of aromatic hydroxyl groups is 1. The number of carbonyl (C=O) groups is 3. The van der Waals surface area contributed by atoms with Crippen LogP contribution in [0.4, 0.5) is 11.4 Å². The molecule has 0 fully saturated rings. The first-order valence-corrected chi connectivity index (χ1v) is 18.1. The number of fused-ring (bicyclic) bond motifs is 4. The van der Waals surface area contributed by atoms with Gasteiger partial charge in [0.25, 0.3) is 0 Å². The van der Waals surface area contributed by atoms with Crippen molar-refractivity contribution in [2.45, 2.75) is 20.0 Å². The van der Waals surface area contributed by atoms with Crippen molar-refractivity contribution >= 4 is 62.1 Å². The molecule has 2 aromatic heterocycles. The van der Waals surface area contributed by atoms with Crippen molar-refractivity contribution < 1.29 is 38.5 Å². The predicted molar refractivity (Wildman–Crippen MR) is 219 cm³/mol. The van der Waals surface area contributed by atoms with Gasteiger partial charge in [-0.25, -0.2) is 24.4 Å². The lowest BCUT2D eigenvalue weighted by Crippen LogP contribution is -2.18. The van der Waals surface area contributed by atoms with E-state index in [0.717, 1.165) is 10.8 Å². The Kier molecular flexibility index (Phi) is 9.63. The largest absolute Gasteiger partial charge is 0.507 e. The van der Waals surface area contributed by atoms with E-state index in [1.165, 1.54) is 26.4 Å². The number of para-hydroxylation sites is 2. The average molecular weight is 775 g/mol. The summed E-state index contributed by atoms with van der Waals surface area (Å²) in [5, 5.41) is 30.4. The molecular formula is C45H34N4O9. The first-order chi connectivity index (χ1) is 28.1. The standard InChI is InChI=1S/C45H34N4O9/c1-23-20-29-37(26-10-4-5-11-27(26)43(52)53)28-16-19-36(50)30(21-46-32-12-6-8-24-14-17-34(44(54)56-2)48-38(24)32)41(28)58-42(29)31(40(23)51)22-47-33-13-7-9-25-15-18-35(45(55)57-3)49-39(25)33/h4-20,46-47,50H,21-22H2,1-3H3,(H,52,53). The topological polar surface area (TPSA) is 190 Å². The second kappa shape index (κ2) is 15.0. The number of methoxy groups -OCH3 is 2. The molecule has 13 nitrogen and oxygen atoms in total. The molecule has 0 saturated heterocycles. The molecule has 3 heterocycles. The van der Waals surface area contributed by atoms with Gasteiger partial charge in [-0.15, -0.1) is 0 Å². The number of aromatic nitrogens is 2. The monoisotopic (exact) mass is 774 g/mol. The van der Waals surface area contributed by atoms with E-state index in [1.807, 2.05) is 24.3 Å². The van der Waals surface area contributed by atoms with E-state index in [1.54, 1.807) is 73.7 Å². The minimum atomic E-state index is -1.15. The summed E-state index contributed by atoms with van der Waals surface area (Å²) in [5.74, 6) is -2.29. The van der Waals surface area contributed by atoms with Gasteiger partial charge in [-0.2, -0.15) is 0 Å². The van der Waals surface area contributed by atoms with E-state index < -0.39 is 17.9 Å². The van der Waals surface area contributed by atoms with Crippen LogP contribution < -0.4 is 16.1 Å². The van der Waals surface area contributed by atoms with E-state index in [0.29, 0.717) is 55.6 Å². The Labute approximate surface area is 329 Å². The van der Waals surface area contributed by atoms with Crippen molar-refractivity contribution in [3.63, 3.8) is 0 Å². The number of carbonyl (C=O) groups excluding carboxylic acids is 2. The number of phenols is 1. The summed E-state index contributed by atoms with van der Waals surface area (Å²) in [6.45, 7) is 1.63. The fraction of sp³-hybridized carbons (Fsp3) is 0.111. The van der Waals surface area contributed by atoms with Crippen molar-refractivity contribution in [3.05, 3.63) is 147 Å². The zero-order chi connectivity index (χ0) is 40.7. The number of pyridine rings is 2. The lowest BCUT2D eigenvalue weighted by molar-refractivity contribution is 0.0586. The Morgan fingerprint density at radius 1 is 0.707 bits per heavy atom. The summed E-state index contributed by atoms with van der Waals surface area (Å²) in [7, 11) is 2.55. The minimum Gasteiger partial charge on any atom is -0.507 e. The highest BCUT2D eigenvalue weighted by atomic mass is 16.5. The average Bonchev–Trinajstić information content (AvgIpc) is 3.24. The molecule has 0 unspecified atom stereocenters. The van der Waals surface area contributed by atoms with E-state index in [2.05, 4.69) is 20.6 Å². The first kappa shape index (κ1) is 37.1. The minimum absolute atomic E-state index is 0.00464. The number of aromatic carboxylic acids is 1. The van der Waals surface area contributed by atoms with Crippen molar-refractivity contribution in [2.75, 3.05) is 24.9 Å². The number of phenolic OH excluding ortho intramolecular Hbond substituents is 1. The molecule has 6 aromatic rings. The molecule has 0 amide bonds. The third-order valence-corrected chi connectivity index (χ3v) is 10.1. The SMILES string of the molecule is COC(=O)c1ccc2cccc(NCc3c4oc5c(CNc6cccc7ccc(C(=O)OC)nc67)c(O)ccc5c(-c5ccccc5C(=O)O)c-4cc(C)c3=O)c2n1. The number of carboxylic acids is 1. The molecule has 1 aliphatic carbocycles. The Hall–Kier alpha value is -7.80. The van der Waals surface area contributed by atoms with Crippen LogP contribution in [0.25, 0.3) is 55.2 Å². The highest BCUT2D eigenvalue weighted by Crippen LogP contribution is 2.45. The van der Waals surface area contributed by atoms with Gasteiger partial charge in [-0.3, -0.25) is 4.79 Å². The number of nitrogens with zero attached hydrogens (tertiary/aromatic N) is 2. The van der Waals surface area contributed by atoms with Gasteiger partial charge in [0.05, 0.1) is 53.3 Å². The Bertz CT molecular complexity index is 3010. The summed E-state index contributed by atoms with van der Waals surface area (Å²) in [4.78, 5) is 60.5. The number of hydrogen-bond acceptors (Lipinski definition) is 12. The maximum Gasteiger partial charge on any atom is 0.356 e. The molecule has 288 valence electrons. The molecule has 0 bridgehead atoms. The summed E-state index contributed by atoms with van der Waals surface area (Å²) < 4.78 is 16.5. The van der Waals surface area contributed by atoms with Crippen LogP contribution in [0.5, 0.6) is 5.75 Å². The number of esters is 2. The molecule has 8 rings (SSSR count). The molecular weight excluding hydrogens is 741 g/mol. The van der Waals surface area contributed by atoms with Crippen LogP contribution in [0.15, 0.2) is 112 Å². The summed E-state index contributed by atoms with van der Waals surface area (Å²) >= 11 is 0. The van der Waals surface area contributed by atoms with Crippen LogP contribution in [-0.4, -0.2) is 52.3 Å². The molecule has 13 heteroatoms. The van der Waals surface area contributed by atoms with Crippen LogP contribution >= 0.6 is 0 Å². The van der Waals surface area contributed by atoms with Gasteiger partial charge in [0, 0.05) is 40.4 Å². The van der Waals surface area contributed by atoms with Crippen molar-refractivity contribution in [1.29, 1.82) is 0 Å². The number of aryl methyl sites for hydroxylation is 1. The normalized spacial score (nSPS) is 11.2. The smallest absolute Gasteiger partial charge is 0.356 e. The summed E-state index contributed by atoms with van der Waals surface area (Å²) in [5.41, 5.74) is 4.52. The third-order valence-electron chi connectivity index (χ3n) is 10.1. The Balaban J connectivity index is 1.32. The second-order valence-electron chi connectivity index (χ2n) is 13.5. The van der Waals surface area contributed by atoms with E-state index in [4.69, 9.17) is 13.9 Å². The quantitative estimate of drug-likeness (QED) is 0.0770. The Morgan fingerprint density at radius 2 is 1.29 bits per heavy atom. The number of carboxylic acid groups (broad SMARTS) is 1. The molecule has 1 aliphatic heterocycles. The van der Waals surface area contributed by atoms with E-state index in [9.17, 15) is 29.4 Å². The number of hydrogen-bond donors (Lipinski definition) is 4. The maximum absolute atomic E-state index is 14.1. The first-order valence-electron chi connectivity index (χ1n) is 18.1. The molecule has 2 aliphatic rings. The van der Waals surface area contributed by atoms with Crippen LogP contribution in [-0.2, 0) is 22.6 Å². The fourth-order valence-electron chi connectivity index (χ4n) is 7.22. The zero-order valence-electron chi connectivity index (χ0n) is 31.4. The molecule has 4 aromatic carbocycles. The van der Waals surface area contributed by atoms with Crippen LogP contribution in [0.1, 0.15) is 48.0 Å². The van der Waals surface area contributed by atoms with Gasteiger partial charge in [0.15, 0.2) is 5.43 Å². The van der Waals surface area contributed by atoms with E-state index >= 15 is 0 Å². The predicted octanol–water partition coefficient (Wildman–Crippen LogP) is 8.17. The molecule has 0 atom stereocenters. The van der Waals surface area contributed by atoms with Crippen LogP contribution in [0.3, 0.4) is 0 Å². The Morgan fingerprint density at radius 3 is 1.88 bits per heavy atom. The van der Waals surface area contributed by atoms with Crippen molar-refractivity contribution in [3.8, 4) is 28.2 Å². The van der Waals surface area contributed by atoms with Crippen molar-refractivity contribution in [1.82, 2.24) is 9.97 Å². The second-order valence-corrected chi connectivity index (χ2v) is 13.5. The van der Waals surface area contributed by atoms with Gasteiger partial charge >= 0.3 is 17.9 Å². The van der Waals surface area contributed by atoms with Crippen LogP contribution in [0.2, 0.25) is 0 Å².